The molecule has 0 aromatic heterocycles. The molecule has 110 valence electrons. The number of nitrogens with one attached hydrogen (secondary N) is 1. The molecule has 1 aliphatic rings. The lowest BCUT2D eigenvalue weighted by Gasteiger charge is -2.29. The third-order valence-corrected chi connectivity index (χ3v) is 3.35. The van der Waals surface area contributed by atoms with Crippen LogP contribution in [0.4, 0.5) is 0 Å². The van der Waals surface area contributed by atoms with Crippen LogP contribution < -0.4 is 5.32 Å². The second-order valence-corrected chi connectivity index (χ2v) is 6.03. The molecule has 0 radical (unpaired) electrons. The van der Waals surface area contributed by atoms with Gasteiger partial charge in [-0.3, -0.25) is 9.59 Å². The summed E-state index contributed by atoms with van der Waals surface area (Å²) in [4.78, 5) is 24.3. The minimum Gasteiger partial charge on any atom is -0.465 e. The lowest BCUT2D eigenvalue weighted by atomic mass is 9.80. The summed E-state index contributed by atoms with van der Waals surface area (Å²) in [6, 6.07) is -0.0215. The average molecular weight is 271 g/mol. The highest BCUT2D eigenvalue weighted by Gasteiger charge is 2.40. The van der Waals surface area contributed by atoms with Crippen LogP contribution in [-0.2, 0) is 19.1 Å². The Labute approximate surface area is 115 Å². The first-order valence-electron chi connectivity index (χ1n) is 6.86. The molecule has 0 bridgehead atoms. The normalized spacial score (nSPS) is 24.9. The van der Waals surface area contributed by atoms with Crippen molar-refractivity contribution in [3.63, 3.8) is 0 Å². The first-order valence-corrected chi connectivity index (χ1v) is 6.86. The summed E-state index contributed by atoms with van der Waals surface area (Å²) in [6.07, 6.45) is 0.777. The summed E-state index contributed by atoms with van der Waals surface area (Å²) in [6.45, 7) is 10.2. The van der Waals surface area contributed by atoms with E-state index in [9.17, 15) is 9.59 Å². The highest BCUT2D eigenvalue weighted by atomic mass is 16.5. The van der Waals surface area contributed by atoms with Crippen LogP contribution in [0.3, 0.4) is 0 Å². The van der Waals surface area contributed by atoms with E-state index in [1.807, 2.05) is 27.7 Å². The Bertz CT molecular complexity index is 335. The standard InChI is InChI=1S/C14H25NO4/c1-6-18-13(17)11(14(3,4)5)12(16)15-10-7-8-19-9(10)2/h9-11H,6-8H2,1-5H3,(H,15,16). The Morgan fingerprint density at radius 2 is 2.05 bits per heavy atom. The number of ether oxygens (including phenoxy) is 2. The SMILES string of the molecule is CCOC(=O)C(C(=O)NC1CCOC1C)C(C)(C)C. The van der Waals surface area contributed by atoms with Crippen LogP contribution in [-0.4, -0.2) is 37.2 Å². The van der Waals surface area contributed by atoms with E-state index in [2.05, 4.69) is 5.32 Å². The van der Waals surface area contributed by atoms with E-state index in [1.165, 1.54) is 0 Å². The first kappa shape index (κ1) is 16.0. The summed E-state index contributed by atoms with van der Waals surface area (Å²) in [5.74, 6) is -1.52. The van der Waals surface area contributed by atoms with Crippen molar-refractivity contribution < 1.29 is 19.1 Å². The molecule has 5 nitrogen and oxygen atoms in total. The number of hydrogen-bond acceptors (Lipinski definition) is 4. The van der Waals surface area contributed by atoms with Crippen molar-refractivity contribution >= 4 is 11.9 Å². The maximum Gasteiger partial charge on any atom is 0.319 e. The van der Waals surface area contributed by atoms with Crippen molar-refractivity contribution in [1.29, 1.82) is 0 Å². The molecule has 0 saturated carbocycles. The van der Waals surface area contributed by atoms with Gasteiger partial charge in [0, 0.05) is 6.61 Å². The van der Waals surface area contributed by atoms with Crippen LogP contribution in [0.2, 0.25) is 0 Å². The van der Waals surface area contributed by atoms with Crippen LogP contribution in [0.1, 0.15) is 41.0 Å². The van der Waals surface area contributed by atoms with Gasteiger partial charge >= 0.3 is 5.97 Å². The molecule has 1 rings (SSSR count). The number of carbonyl (C=O) groups excluding carboxylic acids is 2. The number of esters is 1. The molecule has 3 unspecified atom stereocenters. The fourth-order valence-corrected chi connectivity index (χ4v) is 2.27. The molecule has 1 aliphatic heterocycles. The minimum absolute atomic E-state index is 0.00763. The summed E-state index contributed by atoms with van der Waals surface area (Å²) in [5, 5.41) is 2.91. The van der Waals surface area contributed by atoms with Gasteiger partial charge in [-0.1, -0.05) is 20.8 Å². The molecule has 1 saturated heterocycles. The monoisotopic (exact) mass is 271 g/mol. The van der Waals surface area contributed by atoms with E-state index < -0.39 is 17.3 Å². The van der Waals surface area contributed by atoms with Crippen LogP contribution in [0.5, 0.6) is 0 Å². The van der Waals surface area contributed by atoms with Gasteiger partial charge in [-0.2, -0.15) is 0 Å². The quantitative estimate of drug-likeness (QED) is 0.622. The average Bonchev–Trinajstić information content (AvgIpc) is 2.62. The summed E-state index contributed by atoms with van der Waals surface area (Å²) >= 11 is 0. The molecule has 0 spiro atoms. The van der Waals surface area contributed by atoms with Crippen molar-refractivity contribution in [2.45, 2.75) is 53.2 Å². The van der Waals surface area contributed by atoms with Crippen LogP contribution in [0.25, 0.3) is 0 Å². The fourth-order valence-electron chi connectivity index (χ4n) is 2.27. The maximum atomic E-state index is 12.3. The molecule has 1 N–H and O–H groups in total. The van der Waals surface area contributed by atoms with Gasteiger partial charge in [0.2, 0.25) is 5.91 Å². The molecule has 19 heavy (non-hydrogen) atoms. The van der Waals surface area contributed by atoms with Crippen LogP contribution in [0.15, 0.2) is 0 Å². The summed E-state index contributed by atoms with van der Waals surface area (Å²) in [7, 11) is 0. The molecular weight excluding hydrogens is 246 g/mol. The minimum atomic E-state index is -0.791. The highest BCUT2D eigenvalue weighted by Crippen LogP contribution is 2.28. The highest BCUT2D eigenvalue weighted by molar-refractivity contribution is 5.98. The molecule has 5 heteroatoms. The van der Waals surface area contributed by atoms with Crippen molar-refractivity contribution in [3.05, 3.63) is 0 Å². The number of hydrogen-bond donors (Lipinski definition) is 1. The first-order chi connectivity index (χ1) is 8.77. The predicted molar refractivity (Wildman–Crippen MR) is 71.5 cm³/mol. The zero-order valence-electron chi connectivity index (χ0n) is 12.5. The fraction of sp³-hybridized carbons (Fsp3) is 0.857. The van der Waals surface area contributed by atoms with Gasteiger partial charge in [0.1, 0.15) is 5.92 Å². The predicted octanol–water partition coefficient (Wildman–Crippen LogP) is 1.51. The Balaban J connectivity index is 2.74. The van der Waals surface area contributed by atoms with Gasteiger partial charge in [0.15, 0.2) is 0 Å². The molecule has 0 aromatic carbocycles. The van der Waals surface area contributed by atoms with E-state index in [-0.39, 0.29) is 24.7 Å². The van der Waals surface area contributed by atoms with Crippen molar-refractivity contribution in [1.82, 2.24) is 5.32 Å². The second-order valence-electron chi connectivity index (χ2n) is 6.03. The Morgan fingerprint density at radius 3 is 2.47 bits per heavy atom. The van der Waals surface area contributed by atoms with Gasteiger partial charge in [0.05, 0.1) is 18.8 Å². The van der Waals surface area contributed by atoms with Crippen LogP contribution >= 0.6 is 0 Å². The van der Waals surface area contributed by atoms with E-state index in [1.54, 1.807) is 6.92 Å². The lowest BCUT2D eigenvalue weighted by molar-refractivity contribution is -0.157. The summed E-state index contributed by atoms with van der Waals surface area (Å²) in [5.41, 5.74) is -0.473. The van der Waals surface area contributed by atoms with Gasteiger partial charge in [-0.15, -0.1) is 0 Å². The number of carbonyl (C=O) groups is 2. The Morgan fingerprint density at radius 1 is 1.42 bits per heavy atom. The van der Waals surface area contributed by atoms with Gasteiger partial charge in [-0.25, -0.2) is 0 Å². The molecule has 1 fully saturated rings. The largest absolute Gasteiger partial charge is 0.465 e. The molecule has 0 aromatic rings. The third kappa shape index (κ3) is 4.20. The van der Waals surface area contributed by atoms with Crippen LogP contribution in [0, 0.1) is 11.3 Å². The van der Waals surface area contributed by atoms with Gasteiger partial charge < -0.3 is 14.8 Å². The van der Waals surface area contributed by atoms with Crippen molar-refractivity contribution in [2.75, 3.05) is 13.2 Å². The van der Waals surface area contributed by atoms with E-state index in [0.717, 1.165) is 6.42 Å². The zero-order valence-corrected chi connectivity index (χ0v) is 12.5. The topological polar surface area (TPSA) is 64.6 Å². The van der Waals surface area contributed by atoms with E-state index in [0.29, 0.717) is 6.61 Å². The van der Waals surface area contributed by atoms with E-state index >= 15 is 0 Å². The van der Waals surface area contributed by atoms with Gasteiger partial charge in [0.25, 0.3) is 0 Å². The number of amides is 1. The van der Waals surface area contributed by atoms with E-state index in [4.69, 9.17) is 9.47 Å². The van der Waals surface area contributed by atoms with Crippen molar-refractivity contribution in [3.8, 4) is 0 Å². The Kier molecular flexibility index (Phi) is 5.35. The maximum absolute atomic E-state index is 12.3. The number of rotatable bonds is 4. The third-order valence-electron chi connectivity index (χ3n) is 3.35. The molecule has 3 atom stereocenters. The lowest BCUT2D eigenvalue weighted by Crippen LogP contribution is -2.48. The second kappa shape index (κ2) is 6.37. The Hall–Kier alpha value is -1.10. The smallest absolute Gasteiger partial charge is 0.319 e. The van der Waals surface area contributed by atoms with Gasteiger partial charge in [-0.05, 0) is 25.7 Å². The molecule has 0 aliphatic carbocycles. The summed E-state index contributed by atoms with van der Waals surface area (Å²) < 4.78 is 10.4. The van der Waals surface area contributed by atoms with Crippen molar-refractivity contribution in [2.24, 2.45) is 11.3 Å². The molecular formula is C14H25NO4. The zero-order chi connectivity index (χ0) is 14.6. The molecule has 1 amide bonds. The molecule has 1 heterocycles.